The summed E-state index contributed by atoms with van der Waals surface area (Å²) in [6.45, 7) is 0. The first-order valence-corrected chi connectivity index (χ1v) is 15.3. The van der Waals surface area contributed by atoms with Gasteiger partial charge in [0.25, 0.3) is 0 Å². The smallest absolute Gasteiger partial charge is 0.161 e. The maximum absolute atomic E-state index is 8.92. The molecular formula is C40H24N4S. The SMILES string of the molecule is [2H]c1c([2H])c([2H])c2c(c1[2H])c1c([2H])c([2H])c([2H])c([2H])c1n2-c1ccc2sc3cnc(-c4ccccc4-n4c5ccccc5c5ccccc54)nc3c2c1. The first-order valence-electron chi connectivity index (χ1n) is 18.4. The van der Waals surface area contributed by atoms with Gasteiger partial charge < -0.3 is 9.13 Å². The Hall–Kier alpha value is -5.78. The van der Waals surface area contributed by atoms with Crippen LogP contribution in [0, 0.1) is 0 Å². The van der Waals surface area contributed by atoms with Crippen LogP contribution in [0.5, 0.6) is 0 Å². The van der Waals surface area contributed by atoms with Crippen LogP contribution in [0.3, 0.4) is 0 Å². The van der Waals surface area contributed by atoms with Gasteiger partial charge in [-0.15, -0.1) is 11.3 Å². The lowest BCUT2D eigenvalue weighted by atomic mass is 10.1. The molecule has 45 heavy (non-hydrogen) atoms. The monoisotopic (exact) mass is 600 g/mol. The van der Waals surface area contributed by atoms with E-state index in [1.54, 1.807) is 6.07 Å². The second-order valence-electron chi connectivity index (χ2n) is 10.9. The third-order valence-electron chi connectivity index (χ3n) is 8.45. The van der Waals surface area contributed by atoms with Gasteiger partial charge in [-0.3, -0.25) is 0 Å². The van der Waals surface area contributed by atoms with Crippen LogP contribution in [0.15, 0.2) is 146 Å². The molecule has 0 aliphatic heterocycles. The van der Waals surface area contributed by atoms with Crippen molar-refractivity contribution in [3.8, 4) is 22.8 Å². The average Bonchev–Trinajstić information content (AvgIpc) is 3.85. The number of hydrogen-bond donors (Lipinski definition) is 0. The average molecular weight is 601 g/mol. The van der Waals surface area contributed by atoms with E-state index in [-0.39, 0.29) is 46.0 Å². The Bertz CT molecular complexity index is 3110. The van der Waals surface area contributed by atoms with Crippen LogP contribution < -0.4 is 0 Å². The van der Waals surface area contributed by atoms with Crippen molar-refractivity contribution in [1.29, 1.82) is 0 Å². The molecule has 0 bridgehead atoms. The Morgan fingerprint density at radius 3 is 1.93 bits per heavy atom. The number of thiophene rings is 1. The highest BCUT2D eigenvalue weighted by Crippen LogP contribution is 2.39. The molecule has 0 atom stereocenters. The third-order valence-corrected chi connectivity index (χ3v) is 9.54. The van der Waals surface area contributed by atoms with Gasteiger partial charge >= 0.3 is 0 Å². The van der Waals surface area contributed by atoms with Crippen molar-refractivity contribution in [2.75, 3.05) is 0 Å². The predicted octanol–water partition coefficient (Wildman–Crippen LogP) is 10.7. The van der Waals surface area contributed by atoms with Gasteiger partial charge in [0.15, 0.2) is 5.82 Å². The molecule has 10 rings (SSSR count). The first-order chi connectivity index (χ1) is 25.7. The summed E-state index contributed by atoms with van der Waals surface area (Å²) in [6.07, 6.45) is 1.82. The lowest BCUT2D eigenvalue weighted by Gasteiger charge is -2.13. The molecule has 0 radical (unpaired) electrons. The predicted molar refractivity (Wildman–Crippen MR) is 189 cm³/mol. The van der Waals surface area contributed by atoms with Crippen LogP contribution in [0.2, 0.25) is 0 Å². The van der Waals surface area contributed by atoms with Gasteiger partial charge in [-0.25, -0.2) is 9.97 Å². The van der Waals surface area contributed by atoms with Crippen LogP contribution in [-0.4, -0.2) is 19.1 Å². The van der Waals surface area contributed by atoms with E-state index in [1.165, 1.54) is 15.9 Å². The highest BCUT2D eigenvalue weighted by molar-refractivity contribution is 7.25. The number of hydrogen-bond acceptors (Lipinski definition) is 3. The Morgan fingerprint density at radius 2 is 1.20 bits per heavy atom. The van der Waals surface area contributed by atoms with Gasteiger partial charge in [-0.1, -0.05) is 84.8 Å². The maximum atomic E-state index is 8.92. The number of rotatable bonds is 3. The molecule has 210 valence electrons. The molecule has 4 nitrogen and oxygen atoms in total. The number of aromatic nitrogens is 4. The summed E-state index contributed by atoms with van der Waals surface area (Å²) in [5.74, 6) is 0.528. The lowest BCUT2D eigenvalue weighted by Crippen LogP contribution is -1.99. The molecule has 6 aromatic carbocycles. The van der Waals surface area contributed by atoms with Gasteiger partial charge in [-0.05, 0) is 54.5 Å². The Kier molecular flexibility index (Phi) is 3.77. The van der Waals surface area contributed by atoms with Gasteiger partial charge in [-0.2, -0.15) is 0 Å². The van der Waals surface area contributed by atoms with Crippen molar-refractivity contribution in [3.63, 3.8) is 0 Å². The number of nitrogens with zero attached hydrogens (tertiary/aromatic N) is 4. The van der Waals surface area contributed by atoms with Crippen LogP contribution in [0.25, 0.3) is 86.7 Å². The van der Waals surface area contributed by atoms with Crippen molar-refractivity contribution >= 4 is 75.3 Å². The number of fused-ring (bicyclic) bond motifs is 9. The second-order valence-corrected chi connectivity index (χ2v) is 11.9. The largest absolute Gasteiger partial charge is 0.309 e. The zero-order valence-electron chi connectivity index (χ0n) is 31.4. The zero-order valence-corrected chi connectivity index (χ0v) is 24.3. The molecule has 0 saturated carbocycles. The molecule has 5 heteroatoms. The molecule has 0 spiro atoms. The molecule has 0 aliphatic carbocycles. The van der Waals surface area contributed by atoms with Crippen molar-refractivity contribution in [1.82, 2.24) is 19.1 Å². The summed E-state index contributed by atoms with van der Waals surface area (Å²) in [6, 6.07) is 27.0. The summed E-state index contributed by atoms with van der Waals surface area (Å²) in [7, 11) is 0. The van der Waals surface area contributed by atoms with Crippen LogP contribution in [0.4, 0.5) is 0 Å². The van der Waals surface area contributed by atoms with E-state index in [2.05, 4.69) is 34.9 Å². The molecule has 4 aromatic heterocycles. The normalized spacial score (nSPS) is 14.5. The number of benzene rings is 6. The van der Waals surface area contributed by atoms with Crippen LogP contribution in [0.1, 0.15) is 11.0 Å². The fourth-order valence-corrected chi connectivity index (χ4v) is 7.53. The topological polar surface area (TPSA) is 35.6 Å². The highest BCUT2D eigenvalue weighted by Gasteiger charge is 2.18. The minimum Gasteiger partial charge on any atom is -0.309 e. The van der Waals surface area contributed by atoms with Gasteiger partial charge in [0, 0.05) is 49.1 Å². The quantitative estimate of drug-likeness (QED) is 0.202. The van der Waals surface area contributed by atoms with Gasteiger partial charge in [0.2, 0.25) is 0 Å². The van der Waals surface area contributed by atoms with E-state index in [0.717, 1.165) is 47.8 Å². The molecule has 10 aromatic rings. The fraction of sp³-hybridized carbons (Fsp3) is 0. The van der Waals surface area contributed by atoms with Gasteiger partial charge in [0.1, 0.15) is 0 Å². The molecule has 0 unspecified atom stereocenters. The highest BCUT2D eigenvalue weighted by atomic mass is 32.1. The molecule has 0 aliphatic rings. The summed E-state index contributed by atoms with van der Waals surface area (Å²) in [5.41, 5.74) is 5.21. The number of para-hydroxylation sites is 5. The van der Waals surface area contributed by atoms with E-state index in [4.69, 9.17) is 20.9 Å². The lowest BCUT2D eigenvalue weighted by molar-refractivity contribution is 1.15. The van der Waals surface area contributed by atoms with E-state index in [1.807, 2.05) is 60.8 Å². The van der Waals surface area contributed by atoms with Gasteiger partial charge in [0.05, 0.1) is 48.9 Å². The van der Waals surface area contributed by atoms with E-state index >= 15 is 0 Å². The molecular weight excluding hydrogens is 569 g/mol. The van der Waals surface area contributed by atoms with Crippen LogP contribution >= 0.6 is 11.3 Å². The van der Waals surface area contributed by atoms with Crippen molar-refractivity contribution < 1.29 is 11.0 Å². The van der Waals surface area contributed by atoms with E-state index in [0.29, 0.717) is 17.0 Å². The van der Waals surface area contributed by atoms with E-state index < -0.39 is 24.2 Å². The molecule has 0 N–H and O–H groups in total. The second kappa shape index (κ2) is 9.36. The first kappa shape index (κ1) is 18.1. The summed E-state index contributed by atoms with van der Waals surface area (Å²) in [5, 5.41) is 3.15. The van der Waals surface area contributed by atoms with Crippen LogP contribution in [-0.2, 0) is 0 Å². The van der Waals surface area contributed by atoms with Crippen molar-refractivity contribution in [3.05, 3.63) is 146 Å². The summed E-state index contributed by atoms with van der Waals surface area (Å²) < 4.78 is 74.6. The maximum Gasteiger partial charge on any atom is 0.161 e. The Morgan fingerprint density at radius 1 is 0.556 bits per heavy atom. The molecule has 4 heterocycles. The summed E-state index contributed by atoms with van der Waals surface area (Å²) in [4.78, 5) is 10.0. The van der Waals surface area contributed by atoms with Crippen molar-refractivity contribution in [2.45, 2.75) is 0 Å². The van der Waals surface area contributed by atoms with E-state index in [9.17, 15) is 0 Å². The zero-order chi connectivity index (χ0) is 36.4. The minimum atomic E-state index is -0.473. The Balaban J connectivity index is 1.24. The minimum absolute atomic E-state index is 0.0413. The molecule has 0 fully saturated rings. The Labute approximate surface area is 273 Å². The summed E-state index contributed by atoms with van der Waals surface area (Å²) >= 11 is 1.52. The molecule has 0 saturated heterocycles. The fourth-order valence-electron chi connectivity index (χ4n) is 6.54. The standard InChI is InChI=1S/C40H24N4S/c1-6-16-32-26(11-1)27-12-2-7-17-33(27)43(32)25-21-22-37-31(23-25)39-38(45-37)24-41-40(42-39)30-15-5-10-20-36(30)44-34-18-8-3-13-28(34)29-14-4-9-19-35(29)44/h1-24H/i1D,2D,6D,7D,11D,12D,16D,17D. The van der Waals surface area contributed by atoms with Crippen molar-refractivity contribution in [2.24, 2.45) is 0 Å². The molecule has 0 amide bonds. The third kappa shape index (κ3) is 3.53.